The van der Waals surface area contributed by atoms with E-state index in [4.69, 9.17) is 18.3 Å². The fourth-order valence-electron chi connectivity index (χ4n) is 6.54. The number of ether oxygens (including phenoxy) is 2. The Hall–Kier alpha value is -7.36. The number of benzene rings is 4. The van der Waals surface area contributed by atoms with Crippen LogP contribution in [0.4, 0.5) is 11.4 Å². The molecule has 2 unspecified atom stereocenters. The molecule has 2 N–H and O–H groups in total. The average molecular weight is 735 g/mol. The number of Topliss-reactive ketones (excluding diaryl/α,β-unsaturated/α-hetero) is 2. The topological polar surface area (TPSA) is 240 Å². The van der Waals surface area contributed by atoms with Gasteiger partial charge < -0.3 is 28.5 Å². The first-order chi connectivity index (χ1) is 25.7. The molecule has 2 aromatic heterocycles. The molecule has 0 bridgehead atoms. The number of rotatable bonds is 4. The number of nitrogens with zero attached hydrogens (tertiary/aromatic N) is 2. The SMILES string of the molecule is CC1CC(=O)c2c(cc(O)c3c(-c4ccc([N+](=O)[O-])cc4)cc(=O)oc23)O1.CC1CC(=O)c2c(cc3oc(=O)cc(-c4ccc([N+](=O)[O-])cc4)c3c2O)O1. The van der Waals surface area contributed by atoms with Crippen molar-refractivity contribution in [1.29, 1.82) is 0 Å². The molecule has 0 aliphatic carbocycles. The van der Waals surface area contributed by atoms with E-state index in [2.05, 4.69) is 0 Å². The van der Waals surface area contributed by atoms with Crippen LogP contribution in [0.5, 0.6) is 23.0 Å². The number of phenolic OH excluding ortho intramolecular Hbond substituents is 2. The fourth-order valence-corrected chi connectivity index (χ4v) is 6.54. The standard InChI is InChI=1S/2C19H13NO7/c1-9-6-13(21)18-15(26-9)8-14-17(19(18)23)12(7-16(22)27-14)10-2-4-11(5-3-10)20(24)25;1-9-6-13(21)18-15(26-9)8-14(22)17-12(7-16(23)27-19(17)18)10-2-4-11(5-3-10)20(24)25/h2-5,7-9,23H,6H2,1H3;2-5,7-9,22H,6H2,1H3. The number of phenols is 2. The van der Waals surface area contributed by atoms with Crippen LogP contribution in [-0.2, 0) is 0 Å². The van der Waals surface area contributed by atoms with Gasteiger partial charge in [0, 0.05) is 72.5 Å². The van der Waals surface area contributed by atoms with Crippen molar-refractivity contribution in [3.63, 3.8) is 0 Å². The van der Waals surface area contributed by atoms with E-state index in [0.29, 0.717) is 22.3 Å². The Balaban J connectivity index is 0.000000167. The third-order valence-electron chi connectivity index (χ3n) is 8.87. The molecule has 0 fully saturated rings. The largest absolute Gasteiger partial charge is 0.507 e. The number of nitro benzene ring substituents is 2. The Bertz CT molecular complexity index is 2620. The second-order valence-electron chi connectivity index (χ2n) is 12.6. The molecule has 2 aliphatic rings. The van der Waals surface area contributed by atoms with Gasteiger partial charge in [-0.25, -0.2) is 9.59 Å². The van der Waals surface area contributed by atoms with Gasteiger partial charge in [0.2, 0.25) is 0 Å². The van der Waals surface area contributed by atoms with Gasteiger partial charge in [-0.05, 0) is 49.2 Å². The fraction of sp³-hybridized carbons (Fsp3) is 0.158. The normalized spacial score (nSPS) is 16.0. The van der Waals surface area contributed by atoms with Gasteiger partial charge in [-0.1, -0.05) is 0 Å². The smallest absolute Gasteiger partial charge is 0.336 e. The van der Waals surface area contributed by atoms with Crippen molar-refractivity contribution in [2.45, 2.75) is 38.9 Å². The van der Waals surface area contributed by atoms with Crippen molar-refractivity contribution in [3.05, 3.63) is 125 Å². The van der Waals surface area contributed by atoms with E-state index in [1.54, 1.807) is 13.8 Å². The average Bonchev–Trinajstić information content (AvgIpc) is 3.10. The van der Waals surface area contributed by atoms with Crippen molar-refractivity contribution in [1.82, 2.24) is 0 Å². The maximum absolute atomic E-state index is 12.5. The van der Waals surface area contributed by atoms with Crippen molar-refractivity contribution in [3.8, 4) is 45.3 Å². The van der Waals surface area contributed by atoms with E-state index in [-0.39, 0.29) is 104 Å². The predicted molar refractivity (Wildman–Crippen MR) is 191 cm³/mol. The quantitative estimate of drug-likeness (QED) is 0.107. The van der Waals surface area contributed by atoms with Crippen LogP contribution in [-0.4, -0.2) is 43.8 Å². The number of fused-ring (bicyclic) bond motifs is 5. The van der Waals surface area contributed by atoms with Crippen molar-refractivity contribution in [2.24, 2.45) is 0 Å². The summed E-state index contributed by atoms with van der Waals surface area (Å²) < 4.78 is 21.6. The monoisotopic (exact) mass is 734 g/mol. The Labute approximate surface area is 301 Å². The minimum absolute atomic E-state index is 0.0395. The zero-order valence-corrected chi connectivity index (χ0v) is 28.2. The first-order valence-electron chi connectivity index (χ1n) is 16.3. The van der Waals surface area contributed by atoms with E-state index >= 15 is 0 Å². The number of nitro groups is 2. The van der Waals surface area contributed by atoms with Gasteiger partial charge in [0.05, 0.1) is 20.6 Å². The van der Waals surface area contributed by atoms with Crippen LogP contribution in [0, 0.1) is 20.2 Å². The summed E-state index contributed by atoms with van der Waals surface area (Å²) in [5, 5.41) is 43.3. The first-order valence-corrected chi connectivity index (χ1v) is 16.3. The summed E-state index contributed by atoms with van der Waals surface area (Å²) in [5.41, 5.74) is 0.121. The van der Waals surface area contributed by atoms with E-state index in [1.165, 1.54) is 72.8 Å². The van der Waals surface area contributed by atoms with E-state index in [1.807, 2.05) is 0 Å². The number of non-ortho nitro benzene ring substituents is 2. The zero-order valence-electron chi connectivity index (χ0n) is 28.2. The highest BCUT2D eigenvalue weighted by Gasteiger charge is 2.31. The maximum Gasteiger partial charge on any atom is 0.336 e. The van der Waals surface area contributed by atoms with Crippen LogP contribution in [0.2, 0.25) is 0 Å². The Morgan fingerprint density at radius 3 is 1.61 bits per heavy atom. The molecule has 0 saturated heterocycles. The lowest BCUT2D eigenvalue weighted by atomic mass is 9.94. The summed E-state index contributed by atoms with van der Waals surface area (Å²) in [7, 11) is 0. The summed E-state index contributed by atoms with van der Waals surface area (Å²) >= 11 is 0. The number of hydrogen-bond acceptors (Lipinski definition) is 14. The number of hydrogen-bond donors (Lipinski definition) is 2. The summed E-state index contributed by atoms with van der Waals surface area (Å²) in [6, 6.07) is 16.1. The van der Waals surface area contributed by atoms with Crippen molar-refractivity contribution >= 4 is 44.9 Å². The molecule has 16 nitrogen and oxygen atoms in total. The van der Waals surface area contributed by atoms with E-state index < -0.39 is 21.1 Å². The highest BCUT2D eigenvalue weighted by Crippen LogP contribution is 2.45. The molecule has 0 spiro atoms. The molecule has 6 aromatic rings. The minimum atomic E-state index is -0.713. The maximum atomic E-state index is 12.5. The van der Waals surface area contributed by atoms with Gasteiger partial charge in [-0.3, -0.25) is 29.8 Å². The number of ketones is 2. The van der Waals surface area contributed by atoms with Crippen LogP contribution in [0.3, 0.4) is 0 Å². The number of carbonyl (C=O) groups excluding carboxylic acids is 2. The molecule has 2 aliphatic heterocycles. The minimum Gasteiger partial charge on any atom is -0.507 e. The van der Waals surface area contributed by atoms with Gasteiger partial charge in [-0.2, -0.15) is 0 Å². The van der Waals surface area contributed by atoms with Crippen LogP contribution >= 0.6 is 0 Å². The van der Waals surface area contributed by atoms with Crippen LogP contribution < -0.4 is 20.7 Å². The molecule has 2 atom stereocenters. The molecule has 0 amide bonds. The molecule has 4 heterocycles. The lowest BCUT2D eigenvalue weighted by Gasteiger charge is -2.23. The Kier molecular flexibility index (Phi) is 8.65. The second-order valence-corrected chi connectivity index (χ2v) is 12.6. The van der Waals surface area contributed by atoms with Crippen LogP contribution in [0.1, 0.15) is 47.4 Å². The molecule has 8 rings (SSSR count). The Morgan fingerprint density at radius 1 is 0.630 bits per heavy atom. The molecule has 272 valence electrons. The summed E-state index contributed by atoms with van der Waals surface area (Å²) in [5.74, 6) is -0.762. The molecule has 0 saturated carbocycles. The van der Waals surface area contributed by atoms with Crippen LogP contribution in [0.25, 0.3) is 44.2 Å². The summed E-state index contributed by atoms with van der Waals surface area (Å²) in [4.78, 5) is 69.6. The highest BCUT2D eigenvalue weighted by atomic mass is 16.6. The molecular formula is C38H26N2O14. The summed E-state index contributed by atoms with van der Waals surface area (Å²) in [6.45, 7) is 3.46. The first kappa shape index (κ1) is 35.1. The van der Waals surface area contributed by atoms with Crippen molar-refractivity contribution < 1.29 is 48.0 Å². The van der Waals surface area contributed by atoms with Crippen LogP contribution in [0.15, 0.2) is 91.2 Å². The second kappa shape index (κ2) is 13.3. The lowest BCUT2D eigenvalue weighted by molar-refractivity contribution is -0.385. The number of aromatic hydroxyl groups is 2. The molecule has 54 heavy (non-hydrogen) atoms. The lowest BCUT2D eigenvalue weighted by Crippen LogP contribution is -2.24. The van der Waals surface area contributed by atoms with Crippen molar-refractivity contribution in [2.75, 3.05) is 0 Å². The van der Waals surface area contributed by atoms with Gasteiger partial charge >= 0.3 is 11.3 Å². The molecule has 0 radical (unpaired) electrons. The number of carbonyl (C=O) groups is 2. The van der Waals surface area contributed by atoms with Gasteiger partial charge in [-0.15, -0.1) is 0 Å². The molecule has 16 heteroatoms. The van der Waals surface area contributed by atoms with E-state index in [0.717, 1.165) is 0 Å². The van der Waals surface area contributed by atoms with Gasteiger partial charge in [0.1, 0.15) is 51.9 Å². The highest BCUT2D eigenvalue weighted by molar-refractivity contribution is 6.14. The molecular weight excluding hydrogens is 708 g/mol. The zero-order chi connectivity index (χ0) is 38.6. The van der Waals surface area contributed by atoms with Gasteiger partial charge in [0.25, 0.3) is 11.4 Å². The predicted octanol–water partition coefficient (Wildman–Crippen LogP) is 6.86. The third-order valence-corrected chi connectivity index (χ3v) is 8.87. The van der Waals surface area contributed by atoms with Gasteiger partial charge in [0.15, 0.2) is 17.1 Å². The third kappa shape index (κ3) is 6.25. The Morgan fingerprint density at radius 2 is 1.09 bits per heavy atom. The summed E-state index contributed by atoms with van der Waals surface area (Å²) in [6.07, 6.45) is -0.466. The molecule has 4 aromatic carbocycles. The van der Waals surface area contributed by atoms with E-state index in [9.17, 15) is 49.6 Å².